The van der Waals surface area contributed by atoms with Crippen molar-refractivity contribution < 1.29 is 29.3 Å². The number of methoxy groups -OCH3 is 2. The minimum atomic E-state index is -0.874. The summed E-state index contributed by atoms with van der Waals surface area (Å²) in [7, 11) is 6.65. The van der Waals surface area contributed by atoms with Crippen LogP contribution in [0.15, 0.2) is 42.0 Å². The highest BCUT2D eigenvalue weighted by Gasteiger charge is 2.46. The Hall–Kier alpha value is -3.23. The van der Waals surface area contributed by atoms with E-state index in [-0.39, 0.29) is 28.6 Å². The maximum absolute atomic E-state index is 13.0. The van der Waals surface area contributed by atoms with Crippen LogP contribution in [0.3, 0.4) is 0 Å². The highest BCUT2D eigenvalue weighted by atomic mass is 35.5. The van der Waals surface area contributed by atoms with Crippen molar-refractivity contribution >= 4 is 29.1 Å². The van der Waals surface area contributed by atoms with Crippen LogP contribution in [0, 0.1) is 0 Å². The summed E-state index contributed by atoms with van der Waals surface area (Å²) in [5, 5.41) is 21.0. The number of hydrogen-bond donors (Lipinski definition) is 2. The zero-order valence-electron chi connectivity index (χ0n) is 18.3. The van der Waals surface area contributed by atoms with Gasteiger partial charge in [-0.3, -0.25) is 9.59 Å². The molecule has 1 aliphatic rings. The van der Waals surface area contributed by atoms with Crippen LogP contribution < -0.4 is 9.47 Å². The maximum atomic E-state index is 13.0. The van der Waals surface area contributed by atoms with E-state index in [1.165, 1.54) is 37.3 Å². The van der Waals surface area contributed by atoms with E-state index in [1.54, 1.807) is 18.2 Å². The van der Waals surface area contributed by atoms with E-state index in [9.17, 15) is 19.8 Å². The number of likely N-dealkylation sites (tertiary alicyclic amines) is 1. The molecule has 1 aliphatic heterocycles. The van der Waals surface area contributed by atoms with Crippen LogP contribution in [-0.2, 0) is 9.59 Å². The number of halogens is 1. The number of Topliss-reactive ketones (excluding diaryl/α,β-unsaturated/α-hetero) is 1. The van der Waals surface area contributed by atoms with Gasteiger partial charge in [0, 0.05) is 18.7 Å². The van der Waals surface area contributed by atoms with Gasteiger partial charge in [0.25, 0.3) is 11.7 Å². The fraction of sp³-hybridized carbons (Fsp3) is 0.304. The van der Waals surface area contributed by atoms with Gasteiger partial charge in [0.1, 0.15) is 11.5 Å². The Kier molecular flexibility index (Phi) is 6.96. The van der Waals surface area contributed by atoms with E-state index in [4.69, 9.17) is 21.1 Å². The SMILES string of the molecule is COc1ccc(/C(O)=C2/C(=O)C(=O)N(CCN(C)C)C2c2ccc(O)c(Cl)c2)cc1OC. The van der Waals surface area contributed by atoms with E-state index in [0.717, 1.165) is 0 Å². The van der Waals surface area contributed by atoms with E-state index in [0.29, 0.717) is 29.2 Å². The first-order valence-electron chi connectivity index (χ1n) is 9.83. The standard InChI is InChI=1S/C23H25ClN2O6/c1-25(2)9-10-26-20(13-5-7-16(27)15(24)11-13)19(22(29)23(26)30)21(28)14-6-8-17(31-3)18(12-14)32-4/h5-8,11-12,20,27-28H,9-10H2,1-4H3/b21-19-. The summed E-state index contributed by atoms with van der Waals surface area (Å²) in [5.41, 5.74) is 0.721. The second-order valence-corrected chi connectivity index (χ2v) is 7.98. The van der Waals surface area contributed by atoms with Crippen molar-refractivity contribution in [3.63, 3.8) is 0 Å². The third-order valence-electron chi connectivity index (χ3n) is 5.27. The first-order valence-corrected chi connectivity index (χ1v) is 10.2. The van der Waals surface area contributed by atoms with Gasteiger partial charge in [-0.1, -0.05) is 17.7 Å². The molecular formula is C23H25ClN2O6. The number of ether oxygens (including phenoxy) is 2. The first kappa shape index (κ1) is 23.4. The average Bonchev–Trinajstić information content (AvgIpc) is 3.03. The van der Waals surface area contributed by atoms with Crippen LogP contribution >= 0.6 is 11.6 Å². The number of aliphatic hydroxyl groups excluding tert-OH is 1. The lowest BCUT2D eigenvalue weighted by atomic mass is 9.95. The number of aromatic hydroxyl groups is 1. The summed E-state index contributed by atoms with van der Waals surface area (Å²) in [5.74, 6) is -1.17. The molecule has 1 saturated heterocycles. The summed E-state index contributed by atoms with van der Waals surface area (Å²) in [6.45, 7) is 0.759. The Bertz CT molecular complexity index is 1080. The molecule has 0 aliphatic carbocycles. The van der Waals surface area contributed by atoms with Gasteiger partial charge in [-0.2, -0.15) is 0 Å². The number of amides is 1. The first-order chi connectivity index (χ1) is 15.2. The van der Waals surface area contributed by atoms with Crippen molar-refractivity contribution in [2.24, 2.45) is 0 Å². The maximum Gasteiger partial charge on any atom is 0.295 e. The molecule has 3 rings (SSSR count). The summed E-state index contributed by atoms with van der Waals surface area (Å²) in [6.07, 6.45) is 0. The average molecular weight is 461 g/mol. The quantitative estimate of drug-likeness (QED) is 0.372. The molecule has 0 radical (unpaired) electrons. The van der Waals surface area contributed by atoms with E-state index in [1.807, 2.05) is 19.0 Å². The number of hydrogen-bond acceptors (Lipinski definition) is 7. The predicted molar refractivity (Wildman–Crippen MR) is 120 cm³/mol. The molecule has 2 N–H and O–H groups in total. The molecule has 2 aromatic rings. The van der Waals surface area contributed by atoms with Crippen LogP contribution in [0.1, 0.15) is 17.2 Å². The molecule has 9 heteroatoms. The van der Waals surface area contributed by atoms with Gasteiger partial charge in [0.2, 0.25) is 0 Å². The Morgan fingerprint density at radius 2 is 1.78 bits per heavy atom. The lowest BCUT2D eigenvalue weighted by Gasteiger charge is -2.26. The van der Waals surface area contributed by atoms with Crippen molar-refractivity contribution in [3.05, 3.63) is 58.1 Å². The second-order valence-electron chi connectivity index (χ2n) is 7.58. The van der Waals surface area contributed by atoms with Gasteiger partial charge in [0.05, 0.1) is 30.9 Å². The summed E-state index contributed by atoms with van der Waals surface area (Å²) in [4.78, 5) is 29.2. The van der Waals surface area contributed by atoms with Crippen LogP contribution in [0.25, 0.3) is 5.76 Å². The smallest absolute Gasteiger partial charge is 0.295 e. The Morgan fingerprint density at radius 1 is 1.09 bits per heavy atom. The number of carbonyl (C=O) groups excluding carboxylic acids is 2. The van der Waals surface area contributed by atoms with E-state index >= 15 is 0 Å². The monoisotopic (exact) mass is 460 g/mol. The predicted octanol–water partition coefficient (Wildman–Crippen LogP) is 3.05. The van der Waals surface area contributed by atoms with Crippen LogP contribution in [-0.4, -0.2) is 73.1 Å². The number of carbonyl (C=O) groups is 2. The lowest BCUT2D eigenvalue weighted by molar-refractivity contribution is -0.140. The fourth-order valence-electron chi connectivity index (χ4n) is 3.60. The third kappa shape index (κ3) is 4.37. The molecule has 1 amide bonds. The van der Waals surface area contributed by atoms with Gasteiger partial charge < -0.3 is 29.5 Å². The topological polar surface area (TPSA) is 99.5 Å². The molecule has 1 unspecified atom stereocenters. The zero-order valence-corrected chi connectivity index (χ0v) is 19.0. The molecule has 1 heterocycles. The van der Waals surface area contributed by atoms with Crippen molar-refractivity contribution in [2.45, 2.75) is 6.04 Å². The molecule has 1 fully saturated rings. The van der Waals surface area contributed by atoms with Gasteiger partial charge in [-0.25, -0.2) is 0 Å². The largest absolute Gasteiger partial charge is 0.507 e. The molecule has 2 aromatic carbocycles. The number of likely N-dealkylation sites (N-methyl/N-ethyl adjacent to an activating group) is 1. The van der Waals surface area contributed by atoms with Crippen molar-refractivity contribution in [1.82, 2.24) is 9.80 Å². The Morgan fingerprint density at radius 3 is 2.38 bits per heavy atom. The number of benzene rings is 2. The summed E-state index contributed by atoms with van der Waals surface area (Å²) in [6, 6.07) is 8.27. The molecule has 32 heavy (non-hydrogen) atoms. The van der Waals surface area contributed by atoms with Crippen molar-refractivity contribution in [1.29, 1.82) is 0 Å². The van der Waals surface area contributed by atoms with Gasteiger partial charge in [-0.15, -0.1) is 0 Å². The number of aliphatic hydroxyl groups is 1. The minimum absolute atomic E-state index is 0.0669. The number of phenolic OH excluding ortho intramolecular Hbond substituents is 1. The molecule has 0 bridgehead atoms. The van der Waals surface area contributed by atoms with Gasteiger partial charge in [0.15, 0.2) is 11.5 Å². The fourth-order valence-corrected chi connectivity index (χ4v) is 3.79. The van der Waals surface area contributed by atoms with Gasteiger partial charge in [-0.05, 0) is 50.0 Å². The Labute approximate surface area is 191 Å². The molecule has 8 nitrogen and oxygen atoms in total. The van der Waals surface area contributed by atoms with Crippen LogP contribution in [0.2, 0.25) is 5.02 Å². The van der Waals surface area contributed by atoms with Gasteiger partial charge >= 0.3 is 0 Å². The highest BCUT2D eigenvalue weighted by Crippen LogP contribution is 2.42. The van der Waals surface area contributed by atoms with Crippen molar-refractivity contribution in [3.8, 4) is 17.2 Å². The lowest BCUT2D eigenvalue weighted by Crippen LogP contribution is -2.35. The highest BCUT2D eigenvalue weighted by molar-refractivity contribution is 6.46. The normalized spacial score (nSPS) is 17.8. The second kappa shape index (κ2) is 9.50. The van der Waals surface area contributed by atoms with Crippen molar-refractivity contribution in [2.75, 3.05) is 41.4 Å². The molecule has 0 saturated carbocycles. The summed E-state index contributed by atoms with van der Waals surface area (Å²) >= 11 is 6.10. The number of ketones is 1. The Balaban J connectivity index is 2.19. The number of rotatable bonds is 7. The van der Waals surface area contributed by atoms with E-state index in [2.05, 4.69) is 0 Å². The summed E-state index contributed by atoms with van der Waals surface area (Å²) < 4.78 is 10.5. The molecule has 0 aromatic heterocycles. The molecule has 0 spiro atoms. The zero-order chi connectivity index (χ0) is 23.6. The minimum Gasteiger partial charge on any atom is -0.507 e. The molecular weight excluding hydrogens is 436 g/mol. The van der Waals surface area contributed by atoms with Crippen LogP contribution in [0.5, 0.6) is 17.2 Å². The molecule has 1 atom stereocenters. The number of phenols is 1. The third-order valence-corrected chi connectivity index (χ3v) is 5.58. The molecule has 170 valence electrons. The van der Waals surface area contributed by atoms with Crippen LogP contribution in [0.4, 0.5) is 0 Å². The van der Waals surface area contributed by atoms with E-state index < -0.39 is 17.7 Å². The number of nitrogens with zero attached hydrogens (tertiary/aromatic N) is 2.